The van der Waals surface area contributed by atoms with E-state index in [1.807, 2.05) is 0 Å². The molecule has 9 nitrogen and oxygen atoms in total. The third kappa shape index (κ3) is 3.67. The summed E-state index contributed by atoms with van der Waals surface area (Å²) < 4.78 is 1.28. The number of H-pyrrole nitrogens is 1. The number of aliphatic carboxylic acids is 1. The number of thiol groups is 1. The van der Waals surface area contributed by atoms with Gasteiger partial charge in [-0.3, -0.25) is 24.2 Å². The van der Waals surface area contributed by atoms with Gasteiger partial charge in [0, 0.05) is 31.5 Å². The van der Waals surface area contributed by atoms with E-state index >= 15 is 0 Å². The molecule has 0 aliphatic carbocycles. The number of carboxylic acids is 1. The maximum absolute atomic E-state index is 11.5. The van der Waals surface area contributed by atoms with Crippen LogP contribution in [0.1, 0.15) is 6.42 Å². The van der Waals surface area contributed by atoms with Crippen LogP contribution in [0.4, 0.5) is 0 Å². The summed E-state index contributed by atoms with van der Waals surface area (Å²) in [5.74, 6) is -1.15. The van der Waals surface area contributed by atoms with Gasteiger partial charge in [-0.05, 0) is 5.57 Å². The fourth-order valence-corrected chi connectivity index (χ4v) is 3.28. The molecule has 1 saturated heterocycles. The van der Waals surface area contributed by atoms with Crippen LogP contribution in [0.15, 0.2) is 26.0 Å². The van der Waals surface area contributed by atoms with Gasteiger partial charge in [-0.25, -0.2) is 4.79 Å². The second kappa shape index (κ2) is 7.04. The number of aryl methyl sites for hydroxylation is 1. The van der Waals surface area contributed by atoms with Gasteiger partial charge in [0.25, 0.3) is 0 Å². The molecule has 2 N–H and O–H groups in total. The summed E-state index contributed by atoms with van der Waals surface area (Å²) in [5.41, 5.74) is -1.41. The van der Waals surface area contributed by atoms with Gasteiger partial charge in [0.1, 0.15) is 5.70 Å². The largest absolute Gasteiger partial charge is 0.477 e. The Kier molecular flexibility index (Phi) is 5.31. The quantitative estimate of drug-likeness (QED) is 0.197. The molecule has 1 aliphatic rings. The molecule has 0 radical (unpaired) electrons. The molecule has 1 fully saturated rings. The number of rotatable bonds is 6. The maximum Gasteiger partial charge on any atom is 0.352 e. The number of thioether (sulfide) groups is 1. The first kappa shape index (κ1) is 17.3. The first-order valence-corrected chi connectivity index (χ1v) is 8.13. The van der Waals surface area contributed by atoms with Gasteiger partial charge in [0.15, 0.2) is 5.16 Å². The lowest BCUT2D eigenvalue weighted by molar-refractivity contribution is -0.144. The Morgan fingerprint density at radius 1 is 1.43 bits per heavy atom. The Hall–Kier alpha value is -2.01. The second-order valence-corrected chi connectivity index (χ2v) is 5.96. The van der Waals surface area contributed by atoms with Gasteiger partial charge in [0.05, 0.1) is 0 Å². The second-order valence-electron chi connectivity index (χ2n) is 4.70. The van der Waals surface area contributed by atoms with Gasteiger partial charge in [-0.2, -0.15) is 17.6 Å². The number of hydrogen-bond donors (Lipinski definition) is 3. The van der Waals surface area contributed by atoms with Crippen molar-refractivity contribution in [2.45, 2.75) is 11.6 Å². The summed E-state index contributed by atoms with van der Waals surface area (Å²) in [7, 11) is 1.51. The molecule has 0 aromatic carbocycles. The number of carboxylic acid groups (broad SMARTS) is 1. The number of aromatic amines is 1. The molecule has 1 aromatic heterocycles. The first-order chi connectivity index (χ1) is 10.8. The van der Waals surface area contributed by atoms with E-state index in [2.05, 4.69) is 22.7 Å². The first-order valence-electron chi connectivity index (χ1n) is 6.51. The predicted molar refractivity (Wildman–Crippen MR) is 85.7 cm³/mol. The number of nitrogens with zero attached hydrogens (tertiary/aromatic N) is 3. The summed E-state index contributed by atoms with van der Waals surface area (Å²) in [4.78, 5) is 50.2. The Balaban J connectivity index is 2.28. The molecule has 11 heteroatoms. The standard InChI is InChI=1S/C12H14N4O5S2/c1-15-12(13-9(18)10(19)14-15)23-5-6(4-22)8(11(20)21)16-3-2-7(16)17/h22H,2-5H2,1H3,(H,14,19)(H,20,21)/b8-6+. The van der Waals surface area contributed by atoms with E-state index < -0.39 is 17.1 Å². The Morgan fingerprint density at radius 2 is 2.13 bits per heavy atom. The topological polar surface area (TPSA) is 125 Å². The summed E-state index contributed by atoms with van der Waals surface area (Å²) in [6.07, 6.45) is 0.319. The van der Waals surface area contributed by atoms with Crippen LogP contribution in [0, 0.1) is 0 Å². The molecule has 0 unspecified atom stereocenters. The zero-order valence-corrected chi connectivity index (χ0v) is 13.8. The van der Waals surface area contributed by atoms with Crippen LogP contribution in [0.25, 0.3) is 0 Å². The molecule has 2 rings (SSSR count). The van der Waals surface area contributed by atoms with E-state index in [0.29, 0.717) is 18.5 Å². The Morgan fingerprint density at radius 3 is 2.61 bits per heavy atom. The lowest BCUT2D eigenvalue weighted by atomic mass is 10.1. The fraction of sp³-hybridized carbons (Fsp3) is 0.417. The number of amides is 1. The highest BCUT2D eigenvalue weighted by Gasteiger charge is 2.32. The molecule has 1 amide bonds. The lowest BCUT2D eigenvalue weighted by Crippen LogP contribution is -2.45. The molecule has 23 heavy (non-hydrogen) atoms. The smallest absolute Gasteiger partial charge is 0.352 e. The van der Waals surface area contributed by atoms with E-state index in [0.717, 1.165) is 11.8 Å². The van der Waals surface area contributed by atoms with E-state index in [1.165, 1.54) is 16.6 Å². The average molecular weight is 358 g/mol. The summed E-state index contributed by atoms with van der Waals surface area (Å²) in [6, 6.07) is 0. The minimum absolute atomic E-state index is 0.0850. The molecule has 0 spiro atoms. The number of carbonyl (C=O) groups excluding carboxylic acids is 1. The minimum Gasteiger partial charge on any atom is -0.477 e. The summed E-state index contributed by atoms with van der Waals surface area (Å²) in [6.45, 7) is 0.359. The minimum atomic E-state index is -1.20. The van der Waals surface area contributed by atoms with E-state index in [1.54, 1.807) is 0 Å². The SMILES string of the molecule is Cn1[nH]c(=O)c(=O)nc1SC/C(CS)=C(\C(=O)O)N1CCC1=O. The van der Waals surface area contributed by atoms with Crippen molar-refractivity contribution < 1.29 is 14.7 Å². The zero-order chi connectivity index (χ0) is 17.1. The number of nitrogens with one attached hydrogen (secondary N) is 1. The van der Waals surface area contributed by atoms with Crippen molar-refractivity contribution in [3.05, 3.63) is 32.0 Å². The van der Waals surface area contributed by atoms with Crippen LogP contribution in [0.5, 0.6) is 0 Å². The predicted octanol–water partition coefficient (Wildman–Crippen LogP) is -0.938. The molecular weight excluding hydrogens is 344 g/mol. The van der Waals surface area contributed by atoms with Crippen molar-refractivity contribution >= 4 is 36.3 Å². The van der Waals surface area contributed by atoms with Crippen LogP contribution in [0.2, 0.25) is 0 Å². The van der Waals surface area contributed by atoms with Crippen molar-refractivity contribution in [1.82, 2.24) is 19.7 Å². The molecule has 124 valence electrons. The highest BCUT2D eigenvalue weighted by molar-refractivity contribution is 7.99. The Bertz CT molecular complexity index is 797. The molecule has 1 aromatic rings. The van der Waals surface area contributed by atoms with Crippen molar-refractivity contribution in [2.24, 2.45) is 7.05 Å². The molecule has 0 saturated carbocycles. The van der Waals surface area contributed by atoms with Crippen molar-refractivity contribution in [1.29, 1.82) is 0 Å². The van der Waals surface area contributed by atoms with Gasteiger partial charge in [-0.1, -0.05) is 11.8 Å². The molecule has 1 aliphatic heterocycles. The van der Waals surface area contributed by atoms with Crippen LogP contribution < -0.4 is 11.1 Å². The highest BCUT2D eigenvalue weighted by atomic mass is 32.2. The van der Waals surface area contributed by atoms with Gasteiger partial charge in [0.2, 0.25) is 5.91 Å². The molecular formula is C12H14N4O5S2. The monoisotopic (exact) mass is 358 g/mol. The Labute approximate surface area is 139 Å². The normalized spacial score (nSPS) is 15.2. The van der Waals surface area contributed by atoms with Crippen LogP contribution in [-0.4, -0.2) is 54.7 Å². The number of likely N-dealkylation sites (tertiary alicyclic amines) is 1. The number of carbonyl (C=O) groups is 2. The van der Waals surface area contributed by atoms with Crippen molar-refractivity contribution in [3.8, 4) is 0 Å². The van der Waals surface area contributed by atoms with Crippen LogP contribution in [-0.2, 0) is 16.6 Å². The summed E-state index contributed by atoms with van der Waals surface area (Å²) in [5, 5.41) is 11.9. The third-order valence-electron chi connectivity index (χ3n) is 3.17. The average Bonchev–Trinajstić information content (AvgIpc) is 2.49. The molecule has 0 bridgehead atoms. The molecule has 0 atom stereocenters. The lowest BCUT2D eigenvalue weighted by Gasteiger charge is -2.32. The maximum atomic E-state index is 11.5. The van der Waals surface area contributed by atoms with Crippen LogP contribution in [0.3, 0.4) is 0 Å². The fourth-order valence-electron chi connectivity index (χ4n) is 1.94. The van der Waals surface area contributed by atoms with E-state index in [4.69, 9.17) is 0 Å². The van der Waals surface area contributed by atoms with Gasteiger partial charge in [-0.15, -0.1) is 0 Å². The number of aromatic nitrogens is 3. The molecule has 2 heterocycles. The summed E-state index contributed by atoms with van der Waals surface area (Å²) >= 11 is 5.20. The van der Waals surface area contributed by atoms with Gasteiger partial charge < -0.3 is 10.0 Å². The van der Waals surface area contributed by atoms with Crippen LogP contribution >= 0.6 is 24.4 Å². The number of β-lactam (4-membered cyclic amide) rings is 1. The third-order valence-corrected chi connectivity index (χ3v) is 4.67. The highest BCUT2D eigenvalue weighted by Crippen LogP contribution is 2.25. The van der Waals surface area contributed by atoms with Crippen molar-refractivity contribution in [2.75, 3.05) is 18.1 Å². The van der Waals surface area contributed by atoms with E-state index in [-0.39, 0.29) is 28.3 Å². The zero-order valence-electron chi connectivity index (χ0n) is 12.1. The van der Waals surface area contributed by atoms with Gasteiger partial charge >= 0.3 is 17.1 Å². The number of hydrogen-bond acceptors (Lipinski definition) is 7. The van der Waals surface area contributed by atoms with Crippen molar-refractivity contribution in [3.63, 3.8) is 0 Å². The van der Waals surface area contributed by atoms with E-state index in [9.17, 15) is 24.3 Å².